The van der Waals surface area contributed by atoms with Gasteiger partial charge in [-0.25, -0.2) is 0 Å². The van der Waals surface area contributed by atoms with E-state index >= 15 is 0 Å². The van der Waals surface area contributed by atoms with E-state index < -0.39 is 5.97 Å². The molecule has 4 heteroatoms. The van der Waals surface area contributed by atoms with Crippen LogP contribution < -0.4 is 0 Å². The second kappa shape index (κ2) is 6.86. The maximum atomic E-state index is 10.4. The number of carboxylic acid groups (broad SMARTS) is 1. The molecule has 0 aromatic heterocycles. The van der Waals surface area contributed by atoms with Gasteiger partial charge in [-0.3, -0.25) is 4.79 Å². The SMILES string of the molecule is COCCN(C)CC(C)CC(=O)O. The number of methoxy groups -OCH3 is 1. The molecule has 1 atom stereocenters. The van der Waals surface area contributed by atoms with Gasteiger partial charge in [0.15, 0.2) is 0 Å². The van der Waals surface area contributed by atoms with E-state index in [4.69, 9.17) is 9.84 Å². The Balaban J connectivity index is 3.52. The van der Waals surface area contributed by atoms with Gasteiger partial charge in [0.05, 0.1) is 6.61 Å². The van der Waals surface area contributed by atoms with Gasteiger partial charge in [0.2, 0.25) is 0 Å². The summed E-state index contributed by atoms with van der Waals surface area (Å²) in [6.45, 7) is 4.28. The van der Waals surface area contributed by atoms with E-state index in [1.165, 1.54) is 0 Å². The molecule has 0 saturated heterocycles. The zero-order valence-corrected chi connectivity index (χ0v) is 8.62. The zero-order valence-electron chi connectivity index (χ0n) is 8.62. The van der Waals surface area contributed by atoms with Gasteiger partial charge in [0.25, 0.3) is 0 Å². The molecule has 4 nitrogen and oxygen atoms in total. The minimum absolute atomic E-state index is 0.194. The third kappa shape index (κ3) is 7.74. The number of nitrogens with zero attached hydrogens (tertiary/aromatic N) is 1. The van der Waals surface area contributed by atoms with Crippen LogP contribution in [0.1, 0.15) is 13.3 Å². The van der Waals surface area contributed by atoms with Crippen molar-refractivity contribution >= 4 is 5.97 Å². The molecule has 0 aromatic carbocycles. The molecule has 0 aliphatic carbocycles. The molecule has 0 amide bonds. The summed E-state index contributed by atoms with van der Waals surface area (Å²) in [7, 11) is 3.63. The fourth-order valence-electron chi connectivity index (χ4n) is 1.23. The van der Waals surface area contributed by atoms with Crippen molar-refractivity contribution in [1.29, 1.82) is 0 Å². The minimum atomic E-state index is -0.729. The van der Waals surface area contributed by atoms with E-state index in [2.05, 4.69) is 4.90 Å². The Kier molecular flexibility index (Phi) is 6.54. The Morgan fingerprint density at radius 2 is 2.23 bits per heavy atom. The van der Waals surface area contributed by atoms with Crippen molar-refractivity contribution in [1.82, 2.24) is 4.90 Å². The number of ether oxygens (including phenoxy) is 1. The Bertz CT molecular complexity index is 150. The Labute approximate surface area is 79.5 Å². The summed E-state index contributed by atoms with van der Waals surface area (Å²) >= 11 is 0. The molecule has 0 aliphatic rings. The second-order valence-electron chi connectivity index (χ2n) is 3.46. The van der Waals surface area contributed by atoms with Gasteiger partial charge in [-0.2, -0.15) is 0 Å². The summed E-state index contributed by atoms with van der Waals surface area (Å²) in [4.78, 5) is 12.4. The molecule has 0 rings (SSSR count). The van der Waals surface area contributed by atoms with Gasteiger partial charge >= 0.3 is 5.97 Å². The van der Waals surface area contributed by atoms with Crippen LogP contribution in [-0.4, -0.2) is 49.8 Å². The molecule has 0 aliphatic heterocycles. The first-order valence-electron chi connectivity index (χ1n) is 4.45. The van der Waals surface area contributed by atoms with Crippen molar-refractivity contribution in [2.75, 3.05) is 33.9 Å². The lowest BCUT2D eigenvalue weighted by Gasteiger charge is -2.19. The molecule has 13 heavy (non-hydrogen) atoms. The number of carbonyl (C=O) groups is 1. The van der Waals surface area contributed by atoms with E-state index in [1.54, 1.807) is 7.11 Å². The number of carboxylic acids is 1. The van der Waals surface area contributed by atoms with Gasteiger partial charge in [-0.1, -0.05) is 6.92 Å². The lowest BCUT2D eigenvalue weighted by Crippen LogP contribution is -2.28. The number of aliphatic carboxylic acids is 1. The normalized spacial score (nSPS) is 13.2. The first-order chi connectivity index (χ1) is 6.06. The molecule has 0 radical (unpaired) electrons. The van der Waals surface area contributed by atoms with Crippen LogP contribution in [0.5, 0.6) is 0 Å². The van der Waals surface area contributed by atoms with Gasteiger partial charge < -0.3 is 14.7 Å². The predicted octanol–water partition coefficient (Wildman–Crippen LogP) is 0.675. The van der Waals surface area contributed by atoms with Crippen molar-refractivity contribution in [2.24, 2.45) is 5.92 Å². The average Bonchev–Trinajstić information content (AvgIpc) is 1.98. The summed E-state index contributed by atoms with van der Waals surface area (Å²) in [5.74, 6) is -0.535. The molecule has 0 heterocycles. The first-order valence-corrected chi connectivity index (χ1v) is 4.45. The highest BCUT2D eigenvalue weighted by atomic mass is 16.5. The van der Waals surface area contributed by atoms with E-state index in [0.29, 0.717) is 6.61 Å². The highest BCUT2D eigenvalue weighted by molar-refractivity contribution is 5.66. The van der Waals surface area contributed by atoms with Crippen LogP contribution in [0.4, 0.5) is 0 Å². The molecule has 1 unspecified atom stereocenters. The average molecular weight is 189 g/mol. The Morgan fingerprint density at radius 1 is 1.62 bits per heavy atom. The maximum Gasteiger partial charge on any atom is 0.303 e. The van der Waals surface area contributed by atoms with Gasteiger partial charge in [-0.15, -0.1) is 0 Å². The molecule has 0 aromatic rings. The van der Waals surface area contributed by atoms with Crippen LogP contribution in [0.3, 0.4) is 0 Å². The second-order valence-corrected chi connectivity index (χ2v) is 3.46. The number of rotatable bonds is 7. The molecule has 0 saturated carbocycles. The molecule has 1 N–H and O–H groups in total. The smallest absolute Gasteiger partial charge is 0.303 e. The quantitative estimate of drug-likeness (QED) is 0.639. The third-order valence-electron chi connectivity index (χ3n) is 1.82. The fraction of sp³-hybridized carbons (Fsp3) is 0.889. The minimum Gasteiger partial charge on any atom is -0.481 e. The van der Waals surface area contributed by atoms with Crippen molar-refractivity contribution in [2.45, 2.75) is 13.3 Å². The predicted molar refractivity (Wildman–Crippen MR) is 50.8 cm³/mol. The number of hydrogen-bond donors (Lipinski definition) is 1. The summed E-state index contributed by atoms with van der Waals surface area (Å²) in [6.07, 6.45) is 0.233. The highest BCUT2D eigenvalue weighted by Crippen LogP contribution is 2.03. The summed E-state index contributed by atoms with van der Waals surface area (Å²) in [5, 5.41) is 8.53. The lowest BCUT2D eigenvalue weighted by atomic mass is 10.1. The van der Waals surface area contributed by atoms with Crippen molar-refractivity contribution in [3.05, 3.63) is 0 Å². The summed E-state index contributed by atoms with van der Waals surface area (Å²) in [6, 6.07) is 0. The van der Waals surface area contributed by atoms with Crippen molar-refractivity contribution in [3.63, 3.8) is 0 Å². The molecular weight excluding hydrogens is 170 g/mol. The van der Waals surface area contributed by atoms with Gasteiger partial charge in [0, 0.05) is 26.6 Å². The van der Waals surface area contributed by atoms with Crippen molar-refractivity contribution in [3.8, 4) is 0 Å². The number of likely N-dealkylation sites (N-methyl/N-ethyl adjacent to an activating group) is 1. The first kappa shape index (κ1) is 12.4. The van der Waals surface area contributed by atoms with Crippen LogP contribution in [-0.2, 0) is 9.53 Å². The standard InChI is InChI=1S/C9H19NO3/c1-8(6-9(11)12)7-10(2)4-5-13-3/h8H,4-7H2,1-3H3,(H,11,12). The number of hydrogen-bond acceptors (Lipinski definition) is 3. The lowest BCUT2D eigenvalue weighted by molar-refractivity contribution is -0.138. The molecule has 0 fully saturated rings. The van der Waals surface area contributed by atoms with Crippen LogP contribution >= 0.6 is 0 Å². The zero-order chi connectivity index (χ0) is 10.3. The topological polar surface area (TPSA) is 49.8 Å². The highest BCUT2D eigenvalue weighted by Gasteiger charge is 2.09. The molecular formula is C9H19NO3. The largest absolute Gasteiger partial charge is 0.481 e. The monoisotopic (exact) mass is 189 g/mol. The van der Waals surface area contributed by atoms with Crippen LogP contribution in [0.25, 0.3) is 0 Å². The van der Waals surface area contributed by atoms with Crippen molar-refractivity contribution < 1.29 is 14.6 Å². The van der Waals surface area contributed by atoms with Gasteiger partial charge in [-0.05, 0) is 13.0 Å². The molecule has 78 valence electrons. The van der Waals surface area contributed by atoms with Crippen LogP contribution in [0.2, 0.25) is 0 Å². The van der Waals surface area contributed by atoms with Gasteiger partial charge in [0.1, 0.15) is 0 Å². The van der Waals surface area contributed by atoms with E-state index in [-0.39, 0.29) is 12.3 Å². The Morgan fingerprint density at radius 3 is 2.69 bits per heavy atom. The van der Waals surface area contributed by atoms with E-state index in [1.807, 2.05) is 14.0 Å². The Hall–Kier alpha value is -0.610. The van der Waals surface area contributed by atoms with Crippen LogP contribution in [0.15, 0.2) is 0 Å². The fourth-order valence-corrected chi connectivity index (χ4v) is 1.23. The van der Waals surface area contributed by atoms with Crippen LogP contribution in [0, 0.1) is 5.92 Å². The molecule has 0 bridgehead atoms. The van der Waals surface area contributed by atoms with E-state index in [0.717, 1.165) is 13.1 Å². The third-order valence-corrected chi connectivity index (χ3v) is 1.82. The summed E-state index contributed by atoms with van der Waals surface area (Å²) in [5.41, 5.74) is 0. The van der Waals surface area contributed by atoms with E-state index in [9.17, 15) is 4.79 Å². The summed E-state index contributed by atoms with van der Waals surface area (Å²) < 4.78 is 4.92. The molecule has 0 spiro atoms. The maximum absolute atomic E-state index is 10.4.